The minimum absolute atomic E-state index is 0.195. The van der Waals surface area contributed by atoms with Gasteiger partial charge in [-0.15, -0.1) is 0 Å². The highest BCUT2D eigenvalue weighted by Gasteiger charge is 2.31. The molecule has 0 bridgehead atoms. The fourth-order valence-corrected chi connectivity index (χ4v) is 1.53. The molecule has 74 valence electrons. The average Bonchev–Trinajstić information content (AvgIpc) is 2.68. The second-order valence-corrected chi connectivity index (χ2v) is 3.16. The lowest BCUT2D eigenvalue weighted by Crippen LogP contribution is -2.18. The maximum absolute atomic E-state index is 10.6. The molecule has 5 nitrogen and oxygen atoms in total. The highest BCUT2D eigenvalue weighted by atomic mass is 16.5. The van der Waals surface area contributed by atoms with Crippen molar-refractivity contribution in [3.8, 4) is 0 Å². The van der Waals surface area contributed by atoms with E-state index >= 15 is 0 Å². The van der Waals surface area contributed by atoms with Gasteiger partial charge >= 0.3 is 5.97 Å². The van der Waals surface area contributed by atoms with Crippen molar-refractivity contribution < 1.29 is 14.6 Å². The Morgan fingerprint density at radius 1 is 1.57 bits per heavy atom. The number of aromatic nitrogens is 2. The Labute approximate surface area is 80.8 Å². The van der Waals surface area contributed by atoms with E-state index in [-0.39, 0.29) is 6.10 Å². The summed E-state index contributed by atoms with van der Waals surface area (Å²) in [5, 5.41) is 8.72. The first-order valence-electron chi connectivity index (χ1n) is 4.41. The van der Waals surface area contributed by atoms with Crippen molar-refractivity contribution >= 4 is 5.97 Å². The van der Waals surface area contributed by atoms with Gasteiger partial charge in [0, 0.05) is 6.20 Å². The van der Waals surface area contributed by atoms with Crippen LogP contribution < -0.4 is 0 Å². The molecule has 1 aromatic heterocycles. The van der Waals surface area contributed by atoms with Gasteiger partial charge in [0.1, 0.15) is 12.4 Å². The molecule has 1 fully saturated rings. The number of carbonyl (C=O) groups is 1. The fourth-order valence-electron chi connectivity index (χ4n) is 1.53. The van der Waals surface area contributed by atoms with Crippen molar-refractivity contribution in [2.24, 2.45) is 0 Å². The summed E-state index contributed by atoms with van der Waals surface area (Å²) < 4.78 is 5.32. The number of hydrogen-bond donors (Lipinski definition) is 1. The van der Waals surface area contributed by atoms with Gasteiger partial charge in [-0.2, -0.15) is 0 Å². The molecule has 14 heavy (non-hydrogen) atoms. The van der Waals surface area contributed by atoms with Gasteiger partial charge in [0.15, 0.2) is 6.10 Å². The van der Waals surface area contributed by atoms with E-state index in [2.05, 4.69) is 9.97 Å². The van der Waals surface area contributed by atoms with Crippen LogP contribution in [0.5, 0.6) is 0 Å². The summed E-state index contributed by atoms with van der Waals surface area (Å²) >= 11 is 0. The smallest absolute Gasteiger partial charge is 0.332 e. The quantitative estimate of drug-likeness (QED) is 0.753. The summed E-state index contributed by atoms with van der Waals surface area (Å²) in [5.41, 5.74) is 0.753. The first kappa shape index (κ1) is 9.08. The first-order chi connectivity index (χ1) is 6.77. The number of carboxylic acids is 1. The molecule has 1 N–H and O–H groups in total. The Morgan fingerprint density at radius 3 is 3.00 bits per heavy atom. The van der Waals surface area contributed by atoms with E-state index in [4.69, 9.17) is 9.84 Å². The van der Waals surface area contributed by atoms with Crippen LogP contribution in [0.25, 0.3) is 0 Å². The van der Waals surface area contributed by atoms with Crippen LogP contribution in [0.15, 0.2) is 18.6 Å². The largest absolute Gasteiger partial charge is 0.479 e. The van der Waals surface area contributed by atoms with Gasteiger partial charge in [-0.05, 0) is 18.9 Å². The Kier molecular flexibility index (Phi) is 2.41. The second-order valence-electron chi connectivity index (χ2n) is 3.16. The molecule has 0 aromatic carbocycles. The lowest BCUT2D eigenvalue weighted by molar-refractivity contribution is -0.149. The highest BCUT2D eigenvalue weighted by Crippen LogP contribution is 2.31. The summed E-state index contributed by atoms with van der Waals surface area (Å²) in [6.45, 7) is 0. The van der Waals surface area contributed by atoms with Crippen LogP contribution in [0.2, 0.25) is 0 Å². The van der Waals surface area contributed by atoms with Crippen molar-refractivity contribution in [1.82, 2.24) is 9.97 Å². The van der Waals surface area contributed by atoms with Crippen LogP contribution in [0.3, 0.4) is 0 Å². The molecule has 2 heterocycles. The second kappa shape index (κ2) is 3.71. The number of hydrogen-bond acceptors (Lipinski definition) is 4. The van der Waals surface area contributed by atoms with Crippen LogP contribution in [-0.4, -0.2) is 27.1 Å². The van der Waals surface area contributed by atoms with E-state index in [1.54, 1.807) is 12.3 Å². The molecule has 0 amide bonds. The SMILES string of the molecule is O=C(O)C1CCC(c2ccncn2)O1. The van der Waals surface area contributed by atoms with E-state index in [0.29, 0.717) is 12.8 Å². The van der Waals surface area contributed by atoms with Crippen LogP contribution in [0, 0.1) is 0 Å². The molecule has 2 unspecified atom stereocenters. The van der Waals surface area contributed by atoms with Gasteiger partial charge in [-0.1, -0.05) is 0 Å². The van der Waals surface area contributed by atoms with Crippen molar-refractivity contribution in [3.05, 3.63) is 24.3 Å². The van der Waals surface area contributed by atoms with Crippen LogP contribution in [0.1, 0.15) is 24.6 Å². The summed E-state index contributed by atoms with van der Waals surface area (Å²) in [5.74, 6) is -0.901. The Balaban J connectivity index is 2.06. The van der Waals surface area contributed by atoms with E-state index in [0.717, 1.165) is 5.69 Å². The van der Waals surface area contributed by atoms with E-state index in [9.17, 15) is 4.79 Å². The number of rotatable bonds is 2. The fraction of sp³-hybridized carbons (Fsp3) is 0.444. The van der Waals surface area contributed by atoms with Crippen molar-refractivity contribution in [1.29, 1.82) is 0 Å². The maximum atomic E-state index is 10.6. The Bertz CT molecular complexity index is 328. The lowest BCUT2D eigenvalue weighted by Gasteiger charge is -2.09. The summed E-state index contributed by atoms with van der Waals surface area (Å²) in [6.07, 6.45) is 3.43. The van der Waals surface area contributed by atoms with Gasteiger partial charge in [0.2, 0.25) is 0 Å². The normalized spacial score (nSPS) is 26.3. The third kappa shape index (κ3) is 1.72. The number of carboxylic acid groups (broad SMARTS) is 1. The molecular weight excluding hydrogens is 184 g/mol. The molecule has 2 rings (SSSR count). The third-order valence-electron chi connectivity index (χ3n) is 2.23. The first-order valence-corrected chi connectivity index (χ1v) is 4.41. The number of nitrogens with zero attached hydrogens (tertiary/aromatic N) is 2. The highest BCUT2D eigenvalue weighted by molar-refractivity contribution is 5.72. The summed E-state index contributed by atoms with van der Waals surface area (Å²) in [6, 6.07) is 1.74. The van der Waals surface area contributed by atoms with Gasteiger partial charge in [-0.25, -0.2) is 14.8 Å². The molecule has 1 aliphatic heterocycles. The van der Waals surface area contributed by atoms with Crippen molar-refractivity contribution in [2.75, 3.05) is 0 Å². The summed E-state index contributed by atoms with van der Waals surface area (Å²) in [7, 11) is 0. The molecule has 0 spiro atoms. The monoisotopic (exact) mass is 194 g/mol. The summed E-state index contributed by atoms with van der Waals surface area (Å²) in [4.78, 5) is 18.4. The van der Waals surface area contributed by atoms with Crippen molar-refractivity contribution in [2.45, 2.75) is 25.0 Å². The molecule has 5 heteroatoms. The average molecular weight is 194 g/mol. The van der Waals surface area contributed by atoms with Gasteiger partial charge < -0.3 is 9.84 Å². The van der Waals surface area contributed by atoms with Crippen molar-refractivity contribution in [3.63, 3.8) is 0 Å². The molecule has 0 saturated carbocycles. The maximum Gasteiger partial charge on any atom is 0.332 e. The number of ether oxygens (including phenoxy) is 1. The minimum atomic E-state index is -0.901. The minimum Gasteiger partial charge on any atom is -0.479 e. The predicted octanol–water partition coefficient (Wildman–Crippen LogP) is 0.781. The molecule has 1 aliphatic rings. The Morgan fingerprint density at radius 2 is 2.43 bits per heavy atom. The topological polar surface area (TPSA) is 72.3 Å². The lowest BCUT2D eigenvalue weighted by atomic mass is 10.1. The molecule has 0 radical (unpaired) electrons. The number of aliphatic carboxylic acids is 1. The third-order valence-corrected chi connectivity index (χ3v) is 2.23. The van der Waals surface area contributed by atoms with Gasteiger partial charge in [0.25, 0.3) is 0 Å². The molecular formula is C9H10N2O3. The molecule has 0 aliphatic carbocycles. The van der Waals surface area contributed by atoms with Gasteiger partial charge in [0.05, 0.1) is 5.69 Å². The zero-order chi connectivity index (χ0) is 9.97. The van der Waals surface area contributed by atoms with E-state index in [1.165, 1.54) is 6.33 Å². The van der Waals surface area contributed by atoms with Crippen LogP contribution in [0.4, 0.5) is 0 Å². The molecule has 2 atom stereocenters. The standard InChI is InChI=1S/C9H10N2O3/c12-9(13)8-2-1-7(14-8)6-3-4-10-5-11-6/h3-5,7-8H,1-2H2,(H,12,13). The van der Waals surface area contributed by atoms with Crippen LogP contribution >= 0.6 is 0 Å². The van der Waals surface area contributed by atoms with E-state index in [1.807, 2.05) is 0 Å². The molecule has 1 saturated heterocycles. The van der Waals surface area contributed by atoms with Crippen LogP contribution in [-0.2, 0) is 9.53 Å². The molecule has 1 aromatic rings. The Hall–Kier alpha value is -1.49. The van der Waals surface area contributed by atoms with Gasteiger partial charge in [-0.3, -0.25) is 0 Å². The predicted molar refractivity (Wildman–Crippen MR) is 46.5 cm³/mol. The zero-order valence-corrected chi connectivity index (χ0v) is 7.46. The van der Waals surface area contributed by atoms with E-state index < -0.39 is 12.1 Å². The zero-order valence-electron chi connectivity index (χ0n) is 7.46.